The van der Waals surface area contributed by atoms with E-state index in [0.717, 1.165) is 11.0 Å². The molecule has 0 N–H and O–H groups in total. The summed E-state index contributed by atoms with van der Waals surface area (Å²) < 4.78 is 2.18. The molecule has 1 aromatic rings. The highest BCUT2D eigenvalue weighted by atomic mass is 79.9. The van der Waals surface area contributed by atoms with E-state index in [2.05, 4.69) is 59.4 Å². The van der Waals surface area contributed by atoms with Crippen LogP contribution in [0.2, 0.25) is 0 Å². The monoisotopic (exact) mass is 244 g/mol. The molecule has 1 rings (SSSR count). The number of rotatable bonds is 2. The minimum Gasteiger partial charge on any atom is -0.334 e. The van der Waals surface area contributed by atoms with Crippen molar-refractivity contribution in [3.63, 3.8) is 0 Å². The fraction of sp³-hybridized carbons (Fsp3) is 0.700. The average molecular weight is 245 g/mol. The van der Waals surface area contributed by atoms with Crippen molar-refractivity contribution in [2.24, 2.45) is 5.41 Å². The standard InChI is InChI=1S/C10H17BrN2/c1-8(10(2,3)4)13-6-9(5-11)12-7-13/h6-8H,5H2,1-4H3. The molecule has 2 nitrogen and oxygen atoms in total. The Labute approximate surface area is 88.5 Å². The molecule has 0 bridgehead atoms. The summed E-state index contributed by atoms with van der Waals surface area (Å²) in [5.74, 6) is 0. The van der Waals surface area contributed by atoms with Gasteiger partial charge in [-0.25, -0.2) is 4.98 Å². The van der Waals surface area contributed by atoms with E-state index in [1.54, 1.807) is 0 Å². The van der Waals surface area contributed by atoms with Crippen molar-refractivity contribution < 1.29 is 0 Å². The molecule has 0 amide bonds. The van der Waals surface area contributed by atoms with Crippen LogP contribution in [0.5, 0.6) is 0 Å². The van der Waals surface area contributed by atoms with E-state index in [9.17, 15) is 0 Å². The molecular formula is C10H17BrN2. The Hall–Kier alpha value is -0.310. The highest BCUT2D eigenvalue weighted by Crippen LogP contribution is 2.29. The van der Waals surface area contributed by atoms with Gasteiger partial charge in [0.15, 0.2) is 0 Å². The third-order valence-corrected chi connectivity index (χ3v) is 3.07. The molecule has 3 heteroatoms. The van der Waals surface area contributed by atoms with Gasteiger partial charge in [0.2, 0.25) is 0 Å². The van der Waals surface area contributed by atoms with Gasteiger partial charge in [0.1, 0.15) is 0 Å². The molecule has 1 heterocycles. The molecule has 1 aromatic heterocycles. The Kier molecular flexibility index (Phi) is 3.17. The molecule has 0 aromatic carbocycles. The highest BCUT2D eigenvalue weighted by Gasteiger charge is 2.21. The molecular weight excluding hydrogens is 228 g/mol. The molecule has 0 radical (unpaired) electrons. The summed E-state index contributed by atoms with van der Waals surface area (Å²) in [6, 6.07) is 0.479. The molecule has 1 unspecified atom stereocenters. The van der Waals surface area contributed by atoms with Crippen LogP contribution in [0.3, 0.4) is 0 Å². The summed E-state index contributed by atoms with van der Waals surface area (Å²) in [4.78, 5) is 4.29. The van der Waals surface area contributed by atoms with E-state index in [-0.39, 0.29) is 5.41 Å². The van der Waals surface area contributed by atoms with Crippen LogP contribution in [0.4, 0.5) is 0 Å². The Balaban J connectivity index is 2.83. The van der Waals surface area contributed by atoms with Crippen molar-refractivity contribution in [3.05, 3.63) is 18.2 Å². The minimum absolute atomic E-state index is 0.282. The van der Waals surface area contributed by atoms with E-state index in [1.165, 1.54) is 0 Å². The molecule has 0 saturated heterocycles. The molecule has 0 saturated carbocycles. The zero-order chi connectivity index (χ0) is 10.1. The number of alkyl halides is 1. The second-order valence-electron chi connectivity index (χ2n) is 4.49. The first-order chi connectivity index (χ1) is 5.95. The Bertz CT molecular complexity index is 273. The minimum atomic E-state index is 0.282. The lowest BCUT2D eigenvalue weighted by Gasteiger charge is -2.28. The van der Waals surface area contributed by atoms with Crippen molar-refractivity contribution >= 4 is 15.9 Å². The first kappa shape index (κ1) is 10.8. The zero-order valence-electron chi connectivity index (χ0n) is 8.71. The van der Waals surface area contributed by atoms with Crippen LogP contribution in [0, 0.1) is 5.41 Å². The lowest BCUT2D eigenvalue weighted by atomic mass is 9.88. The second-order valence-corrected chi connectivity index (χ2v) is 5.05. The number of aromatic nitrogens is 2. The number of hydrogen-bond donors (Lipinski definition) is 0. The topological polar surface area (TPSA) is 17.8 Å². The summed E-state index contributed by atoms with van der Waals surface area (Å²) in [7, 11) is 0. The normalized spacial score (nSPS) is 14.5. The van der Waals surface area contributed by atoms with E-state index in [4.69, 9.17) is 0 Å². The van der Waals surface area contributed by atoms with Crippen LogP contribution >= 0.6 is 15.9 Å². The van der Waals surface area contributed by atoms with Gasteiger partial charge in [-0.1, -0.05) is 36.7 Å². The zero-order valence-corrected chi connectivity index (χ0v) is 10.3. The van der Waals surface area contributed by atoms with E-state index in [0.29, 0.717) is 6.04 Å². The molecule has 0 aliphatic rings. The molecule has 0 spiro atoms. The van der Waals surface area contributed by atoms with Gasteiger partial charge in [-0.3, -0.25) is 0 Å². The third kappa shape index (κ3) is 2.56. The smallest absolute Gasteiger partial charge is 0.0952 e. The second kappa shape index (κ2) is 3.82. The van der Waals surface area contributed by atoms with Crippen LogP contribution in [0.25, 0.3) is 0 Å². The molecule has 74 valence electrons. The number of nitrogens with zero attached hydrogens (tertiary/aromatic N) is 2. The van der Waals surface area contributed by atoms with Crippen LogP contribution in [0.1, 0.15) is 39.4 Å². The van der Waals surface area contributed by atoms with Gasteiger partial charge >= 0.3 is 0 Å². The highest BCUT2D eigenvalue weighted by molar-refractivity contribution is 9.08. The Morgan fingerprint density at radius 2 is 2.15 bits per heavy atom. The van der Waals surface area contributed by atoms with E-state index >= 15 is 0 Å². The van der Waals surface area contributed by atoms with Gasteiger partial charge in [-0.15, -0.1) is 0 Å². The Morgan fingerprint density at radius 3 is 2.54 bits per heavy atom. The summed E-state index contributed by atoms with van der Waals surface area (Å²) >= 11 is 3.39. The lowest BCUT2D eigenvalue weighted by Crippen LogP contribution is -2.20. The van der Waals surface area contributed by atoms with Crippen LogP contribution in [0.15, 0.2) is 12.5 Å². The summed E-state index contributed by atoms with van der Waals surface area (Å²) in [5, 5.41) is 0.830. The lowest BCUT2D eigenvalue weighted by molar-refractivity contribution is 0.262. The first-order valence-corrected chi connectivity index (χ1v) is 5.65. The summed E-state index contributed by atoms with van der Waals surface area (Å²) in [6.45, 7) is 8.95. The van der Waals surface area contributed by atoms with Gasteiger partial charge < -0.3 is 4.57 Å². The predicted molar refractivity (Wildman–Crippen MR) is 59.0 cm³/mol. The molecule has 1 atom stereocenters. The third-order valence-electron chi connectivity index (χ3n) is 2.49. The largest absolute Gasteiger partial charge is 0.334 e. The van der Waals surface area contributed by atoms with Crippen molar-refractivity contribution in [1.29, 1.82) is 0 Å². The maximum absolute atomic E-state index is 4.29. The van der Waals surface area contributed by atoms with Crippen molar-refractivity contribution in [2.75, 3.05) is 0 Å². The molecule has 0 fully saturated rings. The SMILES string of the molecule is CC(n1cnc(CBr)c1)C(C)(C)C. The van der Waals surface area contributed by atoms with Crippen molar-refractivity contribution in [3.8, 4) is 0 Å². The number of hydrogen-bond acceptors (Lipinski definition) is 1. The maximum atomic E-state index is 4.29. The number of halogens is 1. The fourth-order valence-electron chi connectivity index (χ4n) is 1.11. The number of imidazole rings is 1. The van der Waals surface area contributed by atoms with Crippen LogP contribution in [-0.4, -0.2) is 9.55 Å². The van der Waals surface area contributed by atoms with Crippen molar-refractivity contribution in [2.45, 2.75) is 39.1 Å². The van der Waals surface area contributed by atoms with Gasteiger partial charge in [0.25, 0.3) is 0 Å². The van der Waals surface area contributed by atoms with Gasteiger partial charge in [0, 0.05) is 17.6 Å². The van der Waals surface area contributed by atoms with E-state index in [1.807, 2.05) is 6.33 Å². The molecule has 0 aliphatic carbocycles. The fourth-order valence-corrected chi connectivity index (χ4v) is 1.40. The quantitative estimate of drug-likeness (QED) is 0.730. The van der Waals surface area contributed by atoms with Gasteiger partial charge in [-0.05, 0) is 12.3 Å². The van der Waals surface area contributed by atoms with Crippen LogP contribution in [-0.2, 0) is 5.33 Å². The predicted octanol–water partition coefficient (Wildman–Crippen LogP) is 3.39. The maximum Gasteiger partial charge on any atom is 0.0952 e. The summed E-state index contributed by atoms with van der Waals surface area (Å²) in [6.07, 6.45) is 4.01. The van der Waals surface area contributed by atoms with E-state index < -0.39 is 0 Å². The van der Waals surface area contributed by atoms with Gasteiger partial charge in [-0.2, -0.15) is 0 Å². The average Bonchev–Trinajstić information content (AvgIpc) is 2.48. The summed E-state index contributed by atoms with van der Waals surface area (Å²) in [5.41, 5.74) is 1.38. The molecule has 0 aliphatic heterocycles. The van der Waals surface area contributed by atoms with Gasteiger partial charge in [0.05, 0.1) is 12.0 Å². The first-order valence-electron chi connectivity index (χ1n) is 4.53. The molecule has 13 heavy (non-hydrogen) atoms. The Morgan fingerprint density at radius 1 is 1.54 bits per heavy atom. The van der Waals surface area contributed by atoms with Crippen LogP contribution < -0.4 is 0 Å². The van der Waals surface area contributed by atoms with Crippen molar-refractivity contribution in [1.82, 2.24) is 9.55 Å².